The molecule has 1 amide bonds. The van der Waals surface area contributed by atoms with Crippen molar-refractivity contribution in [3.63, 3.8) is 0 Å². The van der Waals surface area contributed by atoms with E-state index in [0.29, 0.717) is 11.9 Å². The fourth-order valence-electron chi connectivity index (χ4n) is 5.16. The van der Waals surface area contributed by atoms with Crippen molar-refractivity contribution in [2.75, 3.05) is 23.3 Å². The smallest absolute Gasteiger partial charge is 0.224 e. The predicted molar refractivity (Wildman–Crippen MR) is 119 cm³/mol. The highest BCUT2D eigenvalue weighted by atomic mass is 16.2. The average Bonchev–Trinajstić information content (AvgIpc) is 3.61. The number of rotatable bonds is 4. The Kier molecular flexibility index (Phi) is 5.03. The molecule has 0 saturated heterocycles. The number of fused-ring (bicyclic) bond motifs is 1. The largest absolute Gasteiger partial charge is 0.347 e. The van der Waals surface area contributed by atoms with Crippen LogP contribution in [0.4, 0.5) is 11.6 Å². The highest BCUT2D eigenvalue weighted by molar-refractivity contribution is 5.94. The van der Waals surface area contributed by atoms with E-state index in [4.69, 9.17) is 0 Å². The maximum absolute atomic E-state index is 12.8. The van der Waals surface area contributed by atoms with Gasteiger partial charge in [0.15, 0.2) is 0 Å². The Labute approximate surface area is 177 Å². The van der Waals surface area contributed by atoms with Crippen LogP contribution >= 0.6 is 0 Å². The second-order valence-electron chi connectivity index (χ2n) is 8.73. The summed E-state index contributed by atoms with van der Waals surface area (Å²) in [5.41, 5.74) is 4.82. The van der Waals surface area contributed by atoms with Crippen LogP contribution in [0.2, 0.25) is 0 Å². The third-order valence-electron chi connectivity index (χ3n) is 6.71. The number of carbonyl (C=O) groups is 1. The van der Waals surface area contributed by atoms with E-state index >= 15 is 0 Å². The summed E-state index contributed by atoms with van der Waals surface area (Å²) >= 11 is 0. The van der Waals surface area contributed by atoms with Crippen LogP contribution in [0.5, 0.6) is 0 Å². The van der Waals surface area contributed by atoms with E-state index in [1.165, 1.54) is 29.5 Å². The zero-order valence-electron chi connectivity index (χ0n) is 17.6. The van der Waals surface area contributed by atoms with E-state index < -0.39 is 0 Å². The van der Waals surface area contributed by atoms with Crippen molar-refractivity contribution in [1.29, 1.82) is 0 Å². The van der Waals surface area contributed by atoms with Gasteiger partial charge in [-0.1, -0.05) is 19.1 Å². The Morgan fingerprint density at radius 1 is 1.23 bits per heavy atom. The summed E-state index contributed by atoms with van der Waals surface area (Å²) in [4.78, 5) is 23.6. The minimum atomic E-state index is 0.0610. The standard InChI is InChI=1S/C24H29N5O/c1-15-22(28-24-26-10-3-11-27-24)20-14-19(17-8-12-25-13-9-17)6-7-21(20)29(16(2)30)23(15)18-4-5-18/h3,6-8,10-11,14-15,18,22-23,25H,4-5,9,12-13H2,1-2H3,(H,26,27,28)/t15-,22-,23?/m1/s1. The lowest BCUT2D eigenvalue weighted by molar-refractivity contribution is -0.117. The van der Waals surface area contributed by atoms with E-state index in [1.807, 2.05) is 6.07 Å². The number of benzene rings is 1. The highest BCUT2D eigenvalue weighted by Crippen LogP contribution is 2.50. The van der Waals surface area contributed by atoms with Gasteiger partial charge in [0, 0.05) is 43.5 Å². The van der Waals surface area contributed by atoms with Gasteiger partial charge in [0.1, 0.15) is 0 Å². The number of anilines is 2. The van der Waals surface area contributed by atoms with Crippen molar-refractivity contribution in [2.45, 2.75) is 45.2 Å². The molecule has 2 aromatic rings. The van der Waals surface area contributed by atoms with Crippen LogP contribution in [0.3, 0.4) is 0 Å². The minimum Gasteiger partial charge on any atom is -0.347 e. The molecule has 1 unspecified atom stereocenters. The first-order valence-corrected chi connectivity index (χ1v) is 11.0. The van der Waals surface area contributed by atoms with E-state index in [-0.39, 0.29) is 23.9 Å². The molecule has 1 aliphatic carbocycles. The van der Waals surface area contributed by atoms with E-state index in [9.17, 15) is 4.79 Å². The molecule has 156 valence electrons. The van der Waals surface area contributed by atoms with Crippen molar-refractivity contribution < 1.29 is 4.79 Å². The molecule has 1 fully saturated rings. The molecule has 0 spiro atoms. The second-order valence-corrected chi connectivity index (χ2v) is 8.73. The quantitative estimate of drug-likeness (QED) is 0.813. The summed E-state index contributed by atoms with van der Waals surface area (Å²) in [5, 5.41) is 6.98. The van der Waals surface area contributed by atoms with E-state index in [0.717, 1.165) is 25.2 Å². The Morgan fingerprint density at radius 2 is 2.03 bits per heavy atom. The SMILES string of the molecule is CC(=O)N1c2ccc(C3=CCNCC3)cc2[C@H](Nc2ncccn2)[C@@H](C)C1C1CC1. The molecular formula is C24H29N5O. The van der Waals surface area contributed by atoms with Crippen molar-refractivity contribution in [1.82, 2.24) is 15.3 Å². The van der Waals surface area contributed by atoms with Crippen LogP contribution in [0.1, 0.15) is 50.3 Å². The number of hydrogen-bond acceptors (Lipinski definition) is 5. The fourth-order valence-corrected chi connectivity index (χ4v) is 5.16. The van der Waals surface area contributed by atoms with Gasteiger partial charge in [0.2, 0.25) is 11.9 Å². The number of amides is 1. The van der Waals surface area contributed by atoms with Crippen LogP contribution in [0, 0.1) is 11.8 Å². The number of hydrogen-bond donors (Lipinski definition) is 2. The molecule has 3 atom stereocenters. The third kappa shape index (κ3) is 3.49. The van der Waals surface area contributed by atoms with Crippen molar-refractivity contribution in [3.8, 4) is 0 Å². The lowest BCUT2D eigenvalue weighted by Crippen LogP contribution is -2.51. The monoisotopic (exact) mass is 403 g/mol. The summed E-state index contributed by atoms with van der Waals surface area (Å²) in [6, 6.07) is 8.71. The van der Waals surface area contributed by atoms with Crippen LogP contribution in [0.15, 0.2) is 42.7 Å². The summed E-state index contributed by atoms with van der Waals surface area (Å²) < 4.78 is 0. The summed E-state index contributed by atoms with van der Waals surface area (Å²) in [6.45, 7) is 5.87. The van der Waals surface area contributed by atoms with Gasteiger partial charge in [-0.15, -0.1) is 0 Å². The fraction of sp³-hybridized carbons (Fsp3) is 0.458. The Morgan fingerprint density at radius 3 is 2.70 bits per heavy atom. The van der Waals surface area contributed by atoms with Crippen LogP contribution < -0.4 is 15.5 Å². The zero-order chi connectivity index (χ0) is 20.7. The molecule has 1 aromatic carbocycles. The first kappa shape index (κ1) is 19.2. The Hall–Kier alpha value is -2.73. The average molecular weight is 404 g/mol. The van der Waals surface area contributed by atoms with Crippen molar-refractivity contribution >= 4 is 23.1 Å². The molecule has 6 nitrogen and oxygen atoms in total. The zero-order valence-corrected chi connectivity index (χ0v) is 17.6. The summed E-state index contributed by atoms with van der Waals surface area (Å²) in [5.74, 6) is 1.60. The molecule has 2 aliphatic heterocycles. The van der Waals surface area contributed by atoms with Crippen molar-refractivity contribution in [2.24, 2.45) is 11.8 Å². The number of aromatic nitrogens is 2. The summed E-state index contributed by atoms with van der Waals surface area (Å²) in [7, 11) is 0. The van der Waals surface area contributed by atoms with Gasteiger partial charge >= 0.3 is 0 Å². The lowest BCUT2D eigenvalue weighted by atomic mass is 9.79. The highest BCUT2D eigenvalue weighted by Gasteiger charge is 2.47. The molecule has 2 N–H and O–H groups in total. The van der Waals surface area contributed by atoms with Gasteiger partial charge in [0.25, 0.3) is 0 Å². The normalized spacial score (nSPS) is 26.0. The van der Waals surface area contributed by atoms with Gasteiger partial charge in [-0.2, -0.15) is 0 Å². The molecule has 0 radical (unpaired) electrons. The number of nitrogens with one attached hydrogen (secondary N) is 2. The maximum Gasteiger partial charge on any atom is 0.224 e. The number of nitrogens with zero attached hydrogens (tertiary/aromatic N) is 3. The molecule has 3 heterocycles. The Bertz CT molecular complexity index is 969. The molecule has 5 rings (SSSR count). The second kappa shape index (κ2) is 7.84. The van der Waals surface area contributed by atoms with Gasteiger partial charge in [-0.05, 0) is 66.6 Å². The minimum absolute atomic E-state index is 0.0610. The molecule has 0 bridgehead atoms. The van der Waals surface area contributed by atoms with Crippen LogP contribution in [0.25, 0.3) is 5.57 Å². The molecule has 30 heavy (non-hydrogen) atoms. The lowest BCUT2D eigenvalue weighted by Gasteiger charge is -2.46. The van der Waals surface area contributed by atoms with Crippen LogP contribution in [-0.4, -0.2) is 35.0 Å². The van der Waals surface area contributed by atoms with Gasteiger partial charge in [-0.3, -0.25) is 4.79 Å². The molecule has 1 saturated carbocycles. The first-order chi connectivity index (χ1) is 14.6. The van der Waals surface area contributed by atoms with Gasteiger partial charge in [0.05, 0.1) is 6.04 Å². The number of carbonyl (C=O) groups excluding carboxylic acids is 1. The molecule has 6 heteroatoms. The van der Waals surface area contributed by atoms with E-state index in [2.05, 4.69) is 56.7 Å². The topological polar surface area (TPSA) is 70.2 Å². The third-order valence-corrected chi connectivity index (χ3v) is 6.71. The molecule has 1 aromatic heterocycles. The summed E-state index contributed by atoms with van der Waals surface area (Å²) in [6.07, 6.45) is 9.22. The predicted octanol–water partition coefficient (Wildman–Crippen LogP) is 3.79. The van der Waals surface area contributed by atoms with Crippen molar-refractivity contribution in [3.05, 3.63) is 53.9 Å². The van der Waals surface area contributed by atoms with Gasteiger partial charge < -0.3 is 15.5 Å². The molecule has 3 aliphatic rings. The maximum atomic E-state index is 12.8. The van der Waals surface area contributed by atoms with Gasteiger partial charge in [-0.25, -0.2) is 9.97 Å². The van der Waals surface area contributed by atoms with E-state index in [1.54, 1.807) is 19.3 Å². The molecular weight excluding hydrogens is 374 g/mol. The Balaban J connectivity index is 1.61. The van der Waals surface area contributed by atoms with Crippen LogP contribution in [-0.2, 0) is 4.79 Å². The first-order valence-electron chi connectivity index (χ1n) is 11.0.